The summed E-state index contributed by atoms with van der Waals surface area (Å²) >= 11 is 0. The number of hydrogen-bond acceptors (Lipinski definition) is 5. The van der Waals surface area contributed by atoms with Crippen molar-refractivity contribution in [3.63, 3.8) is 0 Å². The molecular weight excluding hydrogens is 256 g/mol. The Hall–Kier alpha value is -1.33. The molecule has 0 spiro atoms. The van der Waals surface area contributed by atoms with Crippen LogP contribution >= 0.6 is 0 Å². The van der Waals surface area contributed by atoms with E-state index in [0.29, 0.717) is 18.2 Å². The highest BCUT2D eigenvalue weighted by atomic mass is 16.6. The Bertz CT molecular complexity index is 394. The van der Waals surface area contributed by atoms with E-state index in [0.717, 1.165) is 32.5 Å². The van der Waals surface area contributed by atoms with Crippen LogP contribution in [0.5, 0.6) is 11.6 Å². The van der Waals surface area contributed by atoms with Gasteiger partial charge in [0.05, 0.1) is 13.2 Å². The van der Waals surface area contributed by atoms with Gasteiger partial charge in [-0.1, -0.05) is 13.3 Å². The number of nitrogens with one attached hydrogen (secondary N) is 1. The zero-order valence-electron chi connectivity index (χ0n) is 12.3. The van der Waals surface area contributed by atoms with Gasteiger partial charge in [0, 0.05) is 19.3 Å². The van der Waals surface area contributed by atoms with Crippen molar-refractivity contribution in [1.29, 1.82) is 0 Å². The van der Waals surface area contributed by atoms with Gasteiger partial charge in [0.15, 0.2) is 5.75 Å². The minimum Gasteiger partial charge on any atom is -0.482 e. The Kier molecular flexibility index (Phi) is 6.08. The molecule has 2 unspecified atom stereocenters. The lowest BCUT2D eigenvalue weighted by Crippen LogP contribution is -2.47. The number of morpholine rings is 1. The quantitative estimate of drug-likeness (QED) is 0.828. The van der Waals surface area contributed by atoms with Crippen molar-refractivity contribution in [2.24, 2.45) is 0 Å². The largest absolute Gasteiger partial charge is 0.482 e. The summed E-state index contributed by atoms with van der Waals surface area (Å²) < 4.78 is 17.5. The van der Waals surface area contributed by atoms with Crippen LogP contribution in [0.1, 0.15) is 26.7 Å². The minimum atomic E-state index is 0.0243. The summed E-state index contributed by atoms with van der Waals surface area (Å²) in [6, 6.07) is 3.76. The number of nitrogens with zero attached hydrogens (tertiary/aromatic N) is 1. The molecule has 0 aliphatic carbocycles. The summed E-state index contributed by atoms with van der Waals surface area (Å²) in [6.45, 7) is 7.14. The molecule has 112 valence electrons. The highest BCUT2D eigenvalue weighted by Crippen LogP contribution is 2.27. The molecule has 1 aromatic heterocycles. The maximum Gasteiger partial charge on any atom is 0.256 e. The van der Waals surface area contributed by atoms with Gasteiger partial charge in [0.2, 0.25) is 0 Å². The third-order valence-electron chi connectivity index (χ3n) is 3.24. The summed E-state index contributed by atoms with van der Waals surface area (Å²) in [4.78, 5) is 4.22. The van der Waals surface area contributed by atoms with Crippen molar-refractivity contribution in [2.75, 3.05) is 26.3 Å². The lowest BCUT2D eigenvalue weighted by atomic mass is 10.1. The van der Waals surface area contributed by atoms with E-state index in [-0.39, 0.29) is 12.2 Å². The van der Waals surface area contributed by atoms with Crippen LogP contribution in [-0.2, 0) is 4.74 Å². The fourth-order valence-corrected chi connectivity index (χ4v) is 2.30. The zero-order chi connectivity index (χ0) is 14.2. The Labute approximate surface area is 120 Å². The summed E-state index contributed by atoms with van der Waals surface area (Å²) in [7, 11) is 0. The van der Waals surface area contributed by atoms with E-state index in [9.17, 15) is 0 Å². The highest BCUT2D eigenvalue weighted by Gasteiger charge is 2.26. The number of rotatable bonds is 7. The van der Waals surface area contributed by atoms with Gasteiger partial charge in [-0.3, -0.25) is 0 Å². The summed E-state index contributed by atoms with van der Waals surface area (Å²) in [6.07, 6.45) is 3.82. The normalized spacial score (nSPS) is 20.4. The van der Waals surface area contributed by atoms with Gasteiger partial charge in [0.25, 0.3) is 5.88 Å². The SMILES string of the molecule is CCCC(Oc1cccnc1OCC)C1CNCCO1. The first kappa shape index (κ1) is 15.1. The van der Waals surface area contributed by atoms with Crippen LogP contribution in [0.3, 0.4) is 0 Å². The fraction of sp³-hybridized carbons (Fsp3) is 0.667. The smallest absolute Gasteiger partial charge is 0.256 e. The first-order valence-corrected chi connectivity index (χ1v) is 7.42. The Morgan fingerprint density at radius 1 is 1.50 bits per heavy atom. The third kappa shape index (κ3) is 4.08. The maximum atomic E-state index is 6.13. The van der Waals surface area contributed by atoms with Gasteiger partial charge in [-0.25, -0.2) is 4.98 Å². The van der Waals surface area contributed by atoms with E-state index in [4.69, 9.17) is 14.2 Å². The maximum absolute atomic E-state index is 6.13. The molecule has 20 heavy (non-hydrogen) atoms. The van der Waals surface area contributed by atoms with Crippen molar-refractivity contribution in [3.05, 3.63) is 18.3 Å². The van der Waals surface area contributed by atoms with Crippen LogP contribution in [-0.4, -0.2) is 43.5 Å². The van der Waals surface area contributed by atoms with Gasteiger partial charge in [-0.2, -0.15) is 0 Å². The number of hydrogen-bond donors (Lipinski definition) is 1. The van der Waals surface area contributed by atoms with Crippen molar-refractivity contribution >= 4 is 0 Å². The molecule has 0 aromatic carbocycles. The molecule has 0 amide bonds. The molecule has 1 aromatic rings. The predicted molar refractivity (Wildman–Crippen MR) is 77.3 cm³/mol. The van der Waals surface area contributed by atoms with E-state index in [1.807, 2.05) is 19.1 Å². The molecule has 1 aliphatic rings. The minimum absolute atomic E-state index is 0.0243. The topological polar surface area (TPSA) is 52.6 Å². The molecule has 5 nitrogen and oxygen atoms in total. The van der Waals surface area contributed by atoms with Crippen molar-refractivity contribution in [2.45, 2.75) is 38.9 Å². The van der Waals surface area contributed by atoms with Crippen LogP contribution in [0.25, 0.3) is 0 Å². The van der Waals surface area contributed by atoms with Crippen molar-refractivity contribution in [1.82, 2.24) is 10.3 Å². The Morgan fingerprint density at radius 3 is 3.10 bits per heavy atom. The van der Waals surface area contributed by atoms with Crippen LogP contribution in [0, 0.1) is 0 Å². The van der Waals surface area contributed by atoms with Crippen LogP contribution < -0.4 is 14.8 Å². The van der Waals surface area contributed by atoms with E-state index < -0.39 is 0 Å². The monoisotopic (exact) mass is 280 g/mol. The fourth-order valence-electron chi connectivity index (χ4n) is 2.30. The molecule has 1 saturated heterocycles. The Morgan fingerprint density at radius 2 is 2.40 bits per heavy atom. The summed E-state index contributed by atoms with van der Waals surface area (Å²) in [5, 5.41) is 3.35. The zero-order valence-corrected chi connectivity index (χ0v) is 12.3. The van der Waals surface area contributed by atoms with E-state index in [1.165, 1.54) is 0 Å². The van der Waals surface area contributed by atoms with Gasteiger partial charge in [0.1, 0.15) is 12.2 Å². The van der Waals surface area contributed by atoms with E-state index >= 15 is 0 Å². The van der Waals surface area contributed by atoms with Crippen molar-refractivity contribution < 1.29 is 14.2 Å². The van der Waals surface area contributed by atoms with E-state index in [1.54, 1.807) is 6.20 Å². The average Bonchev–Trinajstić information content (AvgIpc) is 2.50. The first-order chi connectivity index (χ1) is 9.85. The number of aromatic nitrogens is 1. The van der Waals surface area contributed by atoms with Gasteiger partial charge in [-0.15, -0.1) is 0 Å². The number of ether oxygens (including phenoxy) is 3. The molecule has 0 radical (unpaired) electrons. The van der Waals surface area contributed by atoms with Crippen LogP contribution in [0.15, 0.2) is 18.3 Å². The molecule has 1 fully saturated rings. The van der Waals surface area contributed by atoms with Gasteiger partial charge < -0.3 is 19.5 Å². The van der Waals surface area contributed by atoms with Crippen molar-refractivity contribution in [3.8, 4) is 11.6 Å². The van der Waals surface area contributed by atoms with Gasteiger partial charge in [-0.05, 0) is 25.5 Å². The molecule has 2 atom stereocenters. The lowest BCUT2D eigenvalue weighted by molar-refractivity contribution is -0.0454. The second kappa shape index (κ2) is 8.07. The Balaban J connectivity index is 2.06. The molecular formula is C15H24N2O3. The van der Waals surface area contributed by atoms with Crippen LogP contribution in [0.4, 0.5) is 0 Å². The molecule has 1 aliphatic heterocycles. The third-order valence-corrected chi connectivity index (χ3v) is 3.24. The second-order valence-electron chi connectivity index (χ2n) is 4.80. The summed E-state index contributed by atoms with van der Waals surface area (Å²) in [5.41, 5.74) is 0. The lowest BCUT2D eigenvalue weighted by Gasteiger charge is -2.31. The molecule has 2 rings (SSSR count). The summed E-state index contributed by atoms with van der Waals surface area (Å²) in [5.74, 6) is 1.25. The molecule has 1 N–H and O–H groups in total. The van der Waals surface area contributed by atoms with E-state index in [2.05, 4.69) is 17.2 Å². The molecule has 0 bridgehead atoms. The molecule has 2 heterocycles. The molecule has 0 saturated carbocycles. The van der Waals surface area contributed by atoms with Crippen LogP contribution in [0.2, 0.25) is 0 Å². The number of pyridine rings is 1. The highest BCUT2D eigenvalue weighted by molar-refractivity contribution is 5.32. The standard InChI is InChI=1S/C15H24N2O3/c1-3-6-12(14-11-16-9-10-19-14)20-13-7-5-8-17-15(13)18-4-2/h5,7-8,12,14,16H,3-4,6,9-11H2,1-2H3. The predicted octanol–water partition coefficient (Wildman–Crippen LogP) is 2.02. The van der Waals surface area contributed by atoms with Gasteiger partial charge >= 0.3 is 0 Å². The first-order valence-electron chi connectivity index (χ1n) is 7.42. The molecule has 5 heteroatoms. The second-order valence-corrected chi connectivity index (χ2v) is 4.80. The average molecular weight is 280 g/mol.